The van der Waals surface area contributed by atoms with Crippen molar-refractivity contribution in [3.63, 3.8) is 0 Å². The summed E-state index contributed by atoms with van der Waals surface area (Å²) in [4.78, 5) is 0. The highest BCUT2D eigenvalue weighted by atomic mass is 16.3. The lowest BCUT2D eigenvalue weighted by molar-refractivity contribution is 0.666. The van der Waals surface area contributed by atoms with Crippen LogP contribution in [-0.4, -0.2) is 9.13 Å². The highest BCUT2D eigenvalue weighted by Crippen LogP contribution is 2.45. The molecule has 0 aliphatic carbocycles. The Balaban J connectivity index is 1.28. The second-order valence-corrected chi connectivity index (χ2v) is 13.5. The molecule has 0 radical (unpaired) electrons. The molecule has 0 aliphatic heterocycles. The van der Waals surface area contributed by atoms with Crippen LogP contribution in [0.5, 0.6) is 0 Å². The Hall–Kier alpha value is -6.26. The number of furan rings is 2. The second kappa shape index (κ2) is 10.4. The van der Waals surface area contributed by atoms with E-state index in [1.165, 1.54) is 56.4 Å². The van der Waals surface area contributed by atoms with E-state index in [-0.39, 0.29) is 0 Å². The van der Waals surface area contributed by atoms with Gasteiger partial charge in [-0.25, -0.2) is 0 Å². The Morgan fingerprint density at radius 2 is 1.16 bits per heavy atom. The van der Waals surface area contributed by atoms with Crippen molar-refractivity contribution >= 4 is 87.5 Å². The van der Waals surface area contributed by atoms with Crippen LogP contribution in [0.1, 0.15) is 25.3 Å². The molecule has 0 fully saturated rings. The Kier molecular flexibility index (Phi) is 5.74. The van der Waals surface area contributed by atoms with Gasteiger partial charge < -0.3 is 18.0 Å². The van der Waals surface area contributed by atoms with Gasteiger partial charge in [0.25, 0.3) is 0 Å². The molecule has 4 heterocycles. The average Bonchev–Trinajstić information content (AvgIpc) is 3.91. The lowest BCUT2D eigenvalue weighted by Gasteiger charge is -2.11. The molecule has 0 bridgehead atoms. The molecular weight excluding hydrogens is 613 g/mol. The molecule has 0 saturated heterocycles. The van der Waals surface area contributed by atoms with E-state index in [1.807, 2.05) is 6.07 Å². The number of aromatic nitrogens is 2. The van der Waals surface area contributed by atoms with Crippen LogP contribution in [0.2, 0.25) is 0 Å². The summed E-state index contributed by atoms with van der Waals surface area (Å²) in [5.41, 5.74) is 11.8. The summed E-state index contributed by atoms with van der Waals surface area (Å²) in [7, 11) is 0. The molecule has 238 valence electrons. The Morgan fingerprint density at radius 3 is 2.04 bits per heavy atom. The number of unbranched alkanes of at least 4 members (excludes halogenated alkanes) is 1. The fraction of sp³-hybridized carbons (Fsp3) is 0.0870. The number of benzene rings is 7. The van der Waals surface area contributed by atoms with Crippen LogP contribution in [0.4, 0.5) is 0 Å². The van der Waals surface area contributed by atoms with Crippen LogP contribution in [0.25, 0.3) is 98.9 Å². The summed E-state index contributed by atoms with van der Waals surface area (Å²) in [6.07, 6.45) is 3.45. The zero-order valence-corrected chi connectivity index (χ0v) is 27.6. The zero-order chi connectivity index (χ0) is 32.9. The van der Waals surface area contributed by atoms with Crippen LogP contribution in [-0.2, 0) is 6.42 Å². The number of fused-ring (bicyclic) bond motifs is 13. The zero-order valence-electron chi connectivity index (χ0n) is 27.6. The lowest BCUT2D eigenvalue weighted by Crippen LogP contribution is -1.96. The fourth-order valence-electron chi connectivity index (χ4n) is 8.50. The van der Waals surface area contributed by atoms with Crippen molar-refractivity contribution in [3.8, 4) is 11.4 Å². The van der Waals surface area contributed by atoms with Crippen LogP contribution in [0.15, 0.2) is 148 Å². The molecule has 7 aromatic carbocycles. The SMILES string of the molecule is CCCCc1ccc2oc3c(-n4c5ccccc5c5c4ccc4c6ccccc6n(-c6cccc7oc8ccccc8c67)c45)cccc3c2c1. The quantitative estimate of drug-likeness (QED) is 0.187. The van der Waals surface area contributed by atoms with Gasteiger partial charge in [0.05, 0.1) is 38.8 Å². The summed E-state index contributed by atoms with van der Waals surface area (Å²) < 4.78 is 18.0. The van der Waals surface area contributed by atoms with Gasteiger partial charge in [-0.2, -0.15) is 0 Å². The third-order valence-electron chi connectivity index (χ3n) is 10.7. The monoisotopic (exact) mass is 644 g/mol. The molecule has 0 unspecified atom stereocenters. The van der Waals surface area contributed by atoms with Crippen molar-refractivity contribution < 1.29 is 8.83 Å². The molecular formula is C46H32N2O2. The van der Waals surface area contributed by atoms with E-state index in [4.69, 9.17) is 8.83 Å². The van der Waals surface area contributed by atoms with E-state index in [0.29, 0.717) is 0 Å². The van der Waals surface area contributed by atoms with Gasteiger partial charge in [-0.05, 0) is 73.0 Å². The van der Waals surface area contributed by atoms with E-state index in [9.17, 15) is 0 Å². The van der Waals surface area contributed by atoms with E-state index >= 15 is 0 Å². The Morgan fingerprint density at radius 1 is 0.460 bits per heavy atom. The summed E-state index contributed by atoms with van der Waals surface area (Å²) in [6.45, 7) is 2.25. The molecule has 4 nitrogen and oxygen atoms in total. The molecule has 0 aliphatic rings. The van der Waals surface area contributed by atoms with Gasteiger partial charge in [0.1, 0.15) is 16.7 Å². The average molecular weight is 645 g/mol. The summed E-state index contributed by atoms with van der Waals surface area (Å²) in [5, 5.41) is 9.44. The molecule has 11 aromatic rings. The molecule has 0 N–H and O–H groups in total. The number of hydrogen-bond acceptors (Lipinski definition) is 2. The first-order chi connectivity index (χ1) is 24.8. The largest absolute Gasteiger partial charge is 0.456 e. The standard InChI is InChI=1S/C46H32N2O2/c1-2-3-12-28-23-26-41-34(27-28)31-16-10-20-39(46(31)50-41)47-36-18-8-5-14-32(36)44-38(47)25-24-30-29-13-4-7-17-35(29)48(45(30)44)37-19-11-22-42-43(37)33-15-6-9-21-40(33)49-42/h4-11,13-27H,2-3,12H2,1H3. The first-order valence-electron chi connectivity index (χ1n) is 17.6. The number of hydrogen-bond donors (Lipinski definition) is 0. The van der Waals surface area contributed by atoms with E-state index in [1.54, 1.807) is 0 Å². The van der Waals surface area contributed by atoms with E-state index in [2.05, 4.69) is 150 Å². The first-order valence-corrected chi connectivity index (χ1v) is 17.6. The van der Waals surface area contributed by atoms with Crippen molar-refractivity contribution in [3.05, 3.63) is 145 Å². The van der Waals surface area contributed by atoms with Gasteiger partial charge >= 0.3 is 0 Å². The molecule has 0 atom stereocenters. The van der Waals surface area contributed by atoms with Gasteiger partial charge in [-0.3, -0.25) is 0 Å². The second-order valence-electron chi connectivity index (χ2n) is 13.5. The van der Waals surface area contributed by atoms with Crippen molar-refractivity contribution in [1.29, 1.82) is 0 Å². The smallest absolute Gasteiger partial charge is 0.159 e. The highest BCUT2D eigenvalue weighted by Gasteiger charge is 2.24. The van der Waals surface area contributed by atoms with Crippen molar-refractivity contribution in [1.82, 2.24) is 9.13 Å². The van der Waals surface area contributed by atoms with Crippen LogP contribution in [0.3, 0.4) is 0 Å². The molecule has 4 aromatic heterocycles. The van der Waals surface area contributed by atoms with Crippen molar-refractivity contribution in [2.24, 2.45) is 0 Å². The molecule has 50 heavy (non-hydrogen) atoms. The van der Waals surface area contributed by atoms with Gasteiger partial charge in [-0.15, -0.1) is 0 Å². The summed E-state index contributed by atoms with van der Waals surface area (Å²) >= 11 is 0. The number of para-hydroxylation sites is 4. The van der Waals surface area contributed by atoms with E-state index in [0.717, 1.165) is 67.3 Å². The van der Waals surface area contributed by atoms with Crippen molar-refractivity contribution in [2.75, 3.05) is 0 Å². The molecule has 11 rings (SSSR count). The fourth-order valence-corrected chi connectivity index (χ4v) is 8.50. The minimum Gasteiger partial charge on any atom is -0.456 e. The summed E-state index contributed by atoms with van der Waals surface area (Å²) in [5.74, 6) is 0. The predicted octanol–water partition coefficient (Wildman–Crippen LogP) is 13.0. The number of aryl methyl sites for hydroxylation is 1. The maximum Gasteiger partial charge on any atom is 0.159 e. The maximum atomic E-state index is 6.74. The highest BCUT2D eigenvalue weighted by molar-refractivity contribution is 6.27. The van der Waals surface area contributed by atoms with Gasteiger partial charge in [0, 0.05) is 37.7 Å². The topological polar surface area (TPSA) is 36.1 Å². The molecule has 4 heteroatoms. The van der Waals surface area contributed by atoms with Crippen LogP contribution >= 0.6 is 0 Å². The normalized spacial score (nSPS) is 12.3. The maximum absolute atomic E-state index is 6.74. The first kappa shape index (κ1) is 27.7. The third-order valence-corrected chi connectivity index (χ3v) is 10.7. The number of nitrogens with zero attached hydrogens (tertiary/aromatic N) is 2. The minimum atomic E-state index is 0.888. The molecule has 0 saturated carbocycles. The third kappa shape index (κ3) is 3.71. The van der Waals surface area contributed by atoms with Crippen LogP contribution < -0.4 is 0 Å². The predicted molar refractivity (Wildman–Crippen MR) is 208 cm³/mol. The molecule has 0 spiro atoms. The lowest BCUT2D eigenvalue weighted by atomic mass is 10.0. The van der Waals surface area contributed by atoms with Crippen molar-refractivity contribution in [2.45, 2.75) is 26.2 Å². The van der Waals surface area contributed by atoms with Crippen LogP contribution in [0, 0.1) is 0 Å². The van der Waals surface area contributed by atoms with E-state index < -0.39 is 0 Å². The van der Waals surface area contributed by atoms with Gasteiger partial charge in [0.2, 0.25) is 0 Å². The van der Waals surface area contributed by atoms with Gasteiger partial charge in [-0.1, -0.05) is 98.3 Å². The Bertz CT molecular complexity index is 3150. The Labute approximate surface area is 287 Å². The number of rotatable bonds is 5. The molecule has 0 amide bonds. The summed E-state index contributed by atoms with van der Waals surface area (Å²) in [6, 6.07) is 50.2. The van der Waals surface area contributed by atoms with Gasteiger partial charge in [0.15, 0.2) is 5.58 Å². The minimum absolute atomic E-state index is 0.888.